The number of benzene rings is 1. The zero-order chi connectivity index (χ0) is 16.8. The molecule has 2 atom stereocenters. The predicted molar refractivity (Wildman–Crippen MR) is 91.5 cm³/mol. The Hall–Kier alpha value is -1.59. The molecule has 5 heteroatoms. The maximum atomic E-state index is 12.1. The maximum absolute atomic E-state index is 12.1. The van der Waals surface area contributed by atoms with Crippen LogP contribution in [-0.4, -0.2) is 29.9 Å². The number of nitrogens with one attached hydrogen (secondary N) is 2. The molecule has 1 fully saturated rings. The number of ether oxygens (including phenoxy) is 1. The Balaban J connectivity index is 1.86. The van der Waals surface area contributed by atoms with Crippen molar-refractivity contribution in [2.45, 2.75) is 58.8 Å². The molecule has 1 aliphatic carbocycles. The summed E-state index contributed by atoms with van der Waals surface area (Å²) in [5.41, 5.74) is 2.91. The largest absolute Gasteiger partial charge is 0.393 e. The second-order valence-corrected chi connectivity index (χ2v) is 6.62. The molecule has 0 radical (unpaired) electrons. The zero-order valence-electron chi connectivity index (χ0n) is 14.3. The van der Waals surface area contributed by atoms with E-state index in [1.165, 1.54) is 0 Å². The molecule has 5 nitrogen and oxygen atoms in total. The summed E-state index contributed by atoms with van der Waals surface area (Å²) in [7, 11) is 0. The molecule has 0 aromatic heterocycles. The molecule has 0 heterocycles. The molecule has 23 heavy (non-hydrogen) atoms. The number of aliphatic hydroxyl groups is 1. The van der Waals surface area contributed by atoms with Crippen LogP contribution < -0.4 is 10.6 Å². The fraction of sp³-hybridized carbons (Fsp3) is 0.611. The van der Waals surface area contributed by atoms with E-state index in [4.69, 9.17) is 4.74 Å². The summed E-state index contributed by atoms with van der Waals surface area (Å²) in [4.78, 5) is 12.1. The Morgan fingerprint density at radius 1 is 1.39 bits per heavy atom. The lowest BCUT2D eigenvalue weighted by molar-refractivity contribution is 0.0654. The Labute approximate surface area is 138 Å². The number of aliphatic hydroxyl groups excluding tert-OH is 1. The van der Waals surface area contributed by atoms with Crippen LogP contribution in [0.3, 0.4) is 0 Å². The number of urea groups is 1. The van der Waals surface area contributed by atoms with Gasteiger partial charge < -0.3 is 20.5 Å². The number of carbonyl (C=O) groups excluding carboxylic acids is 1. The molecule has 128 valence electrons. The van der Waals surface area contributed by atoms with E-state index in [0.717, 1.165) is 36.1 Å². The summed E-state index contributed by atoms with van der Waals surface area (Å²) in [6.07, 6.45) is 2.57. The first-order valence-electron chi connectivity index (χ1n) is 8.38. The lowest BCUT2D eigenvalue weighted by Gasteiger charge is -2.15. The van der Waals surface area contributed by atoms with Gasteiger partial charge in [0.25, 0.3) is 0 Å². The minimum atomic E-state index is -0.204. The van der Waals surface area contributed by atoms with Crippen molar-refractivity contribution in [3.8, 4) is 0 Å². The molecule has 0 spiro atoms. The van der Waals surface area contributed by atoms with E-state index in [-0.39, 0.29) is 18.2 Å². The van der Waals surface area contributed by atoms with Crippen molar-refractivity contribution in [3.05, 3.63) is 29.3 Å². The maximum Gasteiger partial charge on any atom is 0.319 e. The van der Waals surface area contributed by atoms with Crippen molar-refractivity contribution >= 4 is 11.7 Å². The van der Waals surface area contributed by atoms with Gasteiger partial charge in [0, 0.05) is 12.2 Å². The number of carbonyl (C=O) groups is 1. The number of hydrogen-bond donors (Lipinski definition) is 3. The summed E-state index contributed by atoms with van der Waals surface area (Å²) >= 11 is 0. The molecule has 0 bridgehead atoms. The van der Waals surface area contributed by atoms with Gasteiger partial charge in [-0.2, -0.15) is 0 Å². The highest BCUT2D eigenvalue weighted by molar-refractivity contribution is 5.90. The molecule has 1 aliphatic rings. The number of anilines is 1. The van der Waals surface area contributed by atoms with Crippen LogP contribution in [0.2, 0.25) is 0 Å². The van der Waals surface area contributed by atoms with Crippen molar-refractivity contribution in [1.29, 1.82) is 0 Å². The molecule has 3 N–H and O–H groups in total. The molecule has 0 unspecified atom stereocenters. The standard InChI is InChI=1S/C18H28N2O3/c1-12(2)23-11-15-5-4-6-17(13(15)3)20-18(22)19-10-14-7-8-16(21)9-14/h4-6,12,14,16,21H,7-11H2,1-3H3,(H2,19,20,22)/t14-,16+/m0/s1. The van der Waals surface area contributed by atoms with E-state index in [1.807, 2.05) is 39.0 Å². The SMILES string of the molecule is Cc1c(COC(C)C)cccc1NC(=O)NC[C@H]1CC[C@@H](O)C1. The van der Waals surface area contributed by atoms with Crippen LogP contribution in [-0.2, 0) is 11.3 Å². The predicted octanol–water partition coefficient (Wildman–Crippen LogP) is 3.20. The summed E-state index contributed by atoms with van der Waals surface area (Å²) < 4.78 is 5.64. The van der Waals surface area contributed by atoms with Crippen LogP contribution >= 0.6 is 0 Å². The fourth-order valence-electron chi connectivity index (χ4n) is 2.87. The van der Waals surface area contributed by atoms with Crippen LogP contribution in [0.5, 0.6) is 0 Å². The van der Waals surface area contributed by atoms with Crippen LogP contribution in [0.25, 0.3) is 0 Å². The van der Waals surface area contributed by atoms with E-state index in [9.17, 15) is 9.90 Å². The highest BCUT2D eigenvalue weighted by atomic mass is 16.5. The van der Waals surface area contributed by atoms with Gasteiger partial charge in [-0.3, -0.25) is 0 Å². The smallest absolute Gasteiger partial charge is 0.319 e. The van der Waals surface area contributed by atoms with Gasteiger partial charge in [-0.1, -0.05) is 12.1 Å². The van der Waals surface area contributed by atoms with Gasteiger partial charge in [0.1, 0.15) is 0 Å². The second kappa shape index (κ2) is 8.31. The highest BCUT2D eigenvalue weighted by Crippen LogP contribution is 2.24. The Morgan fingerprint density at radius 2 is 2.17 bits per heavy atom. The number of amides is 2. The molecular weight excluding hydrogens is 292 g/mol. The van der Waals surface area contributed by atoms with Crippen molar-refractivity contribution in [2.75, 3.05) is 11.9 Å². The van der Waals surface area contributed by atoms with Crippen molar-refractivity contribution < 1.29 is 14.6 Å². The Morgan fingerprint density at radius 3 is 2.83 bits per heavy atom. The van der Waals surface area contributed by atoms with Crippen molar-refractivity contribution in [1.82, 2.24) is 5.32 Å². The third kappa shape index (κ3) is 5.52. The molecule has 2 rings (SSSR count). The normalized spacial score (nSPS) is 20.7. The highest BCUT2D eigenvalue weighted by Gasteiger charge is 2.23. The Bertz CT molecular complexity index is 531. The van der Waals surface area contributed by atoms with Crippen LogP contribution in [0.4, 0.5) is 10.5 Å². The summed E-state index contributed by atoms with van der Waals surface area (Å²) in [5.74, 6) is 0.377. The number of rotatable bonds is 6. The molecule has 1 saturated carbocycles. The number of hydrogen-bond acceptors (Lipinski definition) is 3. The molecule has 1 aromatic rings. The summed E-state index contributed by atoms with van der Waals surface area (Å²) in [6.45, 7) is 7.15. The molecule has 0 aliphatic heterocycles. The first-order chi connectivity index (χ1) is 11.0. The zero-order valence-corrected chi connectivity index (χ0v) is 14.3. The first-order valence-corrected chi connectivity index (χ1v) is 8.38. The van der Waals surface area contributed by atoms with Gasteiger partial charge >= 0.3 is 6.03 Å². The third-order valence-electron chi connectivity index (χ3n) is 4.33. The van der Waals surface area contributed by atoms with Crippen molar-refractivity contribution in [3.63, 3.8) is 0 Å². The average molecular weight is 320 g/mol. The van der Waals surface area contributed by atoms with Gasteiger partial charge in [0.05, 0.1) is 18.8 Å². The lowest BCUT2D eigenvalue weighted by atomic mass is 10.1. The Kier molecular flexibility index (Phi) is 6.42. The summed E-state index contributed by atoms with van der Waals surface area (Å²) in [5, 5.41) is 15.3. The van der Waals surface area contributed by atoms with Crippen LogP contribution in [0, 0.1) is 12.8 Å². The first kappa shape index (κ1) is 17.8. The van der Waals surface area contributed by atoms with Gasteiger partial charge in [-0.15, -0.1) is 0 Å². The topological polar surface area (TPSA) is 70.6 Å². The lowest BCUT2D eigenvalue weighted by Crippen LogP contribution is -2.32. The van der Waals surface area contributed by atoms with Crippen LogP contribution in [0.1, 0.15) is 44.2 Å². The average Bonchev–Trinajstić information content (AvgIpc) is 2.91. The van der Waals surface area contributed by atoms with E-state index < -0.39 is 0 Å². The minimum absolute atomic E-state index is 0.177. The molecule has 0 saturated heterocycles. The minimum Gasteiger partial charge on any atom is -0.393 e. The van der Waals surface area contributed by atoms with Gasteiger partial charge in [0.2, 0.25) is 0 Å². The van der Waals surface area contributed by atoms with E-state index >= 15 is 0 Å². The second-order valence-electron chi connectivity index (χ2n) is 6.62. The van der Waals surface area contributed by atoms with Crippen LogP contribution in [0.15, 0.2) is 18.2 Å². The molecule has 1 aromatic carbocycles. The van der Waals surface area contributed by atoms with E-state index in [2.05, 4.69) is 10.6 Å². The van der Waals surface area contributed by atoms with E-state index in [1.54, 1.807) is 0 Å². The molecular formula is C18H28N2O3. The quantitative estimate of drug-likeness (QED) is 0.754. The van der Waals surface area contributed by atoms with Gasteiger partial charge in [0.15, 0.2) is 0 Å². The third-order valence-corrected chi connectivity index (χ3v) is 4.33. The van der Waals surface area contributed by atoms with Gasteiger partial charge in [-0.05, 0) is 63.1 Å². The fourth-order valence-corrected chi connectivity index (χ4v) is 2.87. The van der Waals surface area contributed by atoms with Gasteiger partial charge in [-0.25, -0.2) is 4.79 Å². The monoisotopic (exact) mass is 320 g/mol. The van der Waals surface area contributed by atoms with E-state index in [0.29, 0.717) is 19.1 Å². The molecule has 2 amide bonds. The van der Waals surface area contributed by atoms with Crippen molar-refractivity contribution in [2.24, 2.45) is 5.92 Å². The summed E-state index contributed by atoms with van der Waals surface area (Å²) in [6, 6.07) is 5.64.